The molecule has 0 atom stereocenters. The number of furan rings is 1. The fraction of sp³-hybridized carbons (Fsp3) is 0.364. The number of hydrogen-bond acceptors (Lipinski definition) is 4. The average Bonchev–Trinajstić information content (AvgIpc) is 2.79. The number of hydrogen-bond donors (Lipinski definition) is 1. The van der Waals surface area contributed by atoms with Crippen LogP contribution < -0.4 is 0 Å². The third-order valence-corrected chi connectivity index (χ3v) is 2.19. The van der Waals surface area contributed by atoms with Gasteiger partial charge in [0.05, 0.1) is 12.5 Å². The van der Waals surface area contributed by atoms with E-state index in [1.54, 1.807) is 6.92 Å². The quantitative estimate of drug-likeness (QED) is 0.832. The zero-order valence-corrected chi connectivity index (χ0v) is 9.34. The first-order valence-electron chi connectivity index (χ1n) is 5.09. The van der Waals surface area contributed by atoms with Crippen molar-refractivity contribution < 1.29 is 19.1 Å². The second-order valence-electron chi connectivity index (χ2n) is 3.26. The van der Waals surface area contributed by atoms with Crippen molar-refractivity contribution in [3.05, 3.63) is 23.7 Å². The van der Waals surface area contributed by atoms with E-state index in [2.05, 4.69) is 0 Å². The van der Waals surface area contributed by atoms with Crippen molar-refractivity contribution in [2.24, 2.45) is 0 Å². The molecule has 1 aromatic heterocycles. The summed E-state index contributed by atoms with van der Waals surface area (Å²) in [5.41, 5.74) is 0. The first-order chi connectivity index (χ1) is 8.10. The molecule has 0 radical (unpaired) electrons. The lowest BCUT2D eigenvalue weighted by Crippen LogP contribution is -2.31. The van der Waals surface area contributed by atoms with Gasteiger partial charge in [-0.05, 0) is 19.1 Å². The third kappa shape index (κ3) is 3.08. The van der Waals surface area contributed by atoms with Crippen LogP contribution in [0.4, 0.5) is 0 Å². The molecule has 6 heteroatoms. The molecule has 0 bridgehead atoms. The van der Waals surface area contributed by atoms with E-state index >= 15 is 0 Å². The Labute approximate surface area is 98.1 Å². The summed E-state index contributed by atoms with van der Waals surface area (Å²) in [6, 6.07) is 4.49. The lowest BCUT2D eigenvalue weighted by atomic mass is 10.3. The van der Waals surface area contributed by atoms with Gasteiger partial charge in [-0.3, -0.25) is 4.79 Å². The molecule has 0 saturated heterocycles. The van der Waals surface area contributed by atoms with Gasteiger partial charge >= 0.3 is 5.97 Å². The monoisotopic (exact) mass is 236 g/mol. The van der Waals surface area contributed by atoms with Gasteiger partial charge < -0.3 is 14.4 Å². The molecule has 0 aliphatic heterocycles. The van der Waals surface area contributed by atoms with Crippen molar-refractivity contribution in [3.63, 3.8) is 0 Å². The van der Waals surface area contributed by atoms with Crippen LogP contribution in [0.3, 0.4) is 0 Å². The summed E-state index contributed by atoms with van der Waals surface area (Å²) < 4.78 is 4.90. The molecule has 0 spiro atoms. The minimum absolute atomic E-state index is 0.0258. The standard InChI is InChI=1S/C11H12N2O4/c1-2-13(7-3-6-12)10(14)8-4-5-9(17-8)11(15)16/h4-5H,2-3,7H2,1H3,(H,15,16). The molecule has 0 aliphatic carbocycles. The molecule has 1 heterocycles. The van der Waals surface area contributed by atoms with Crippen molar-refractivity contribution in [3.8, 4) is 6.07 Å². The van der Waals surface area contributed by atoms with Gasteiger partial charge in [0.15, 0.2) is 5.76 Å². The summed E-state index contributed by atoms with van der Waals surface area (Å²) in [4.78, 5) is 23.9. The van der Waals surface area contributed by atoms with Crippen LogP contribution in [0.1, 0.15) is 34.5 Å². The number of nitrogens with zero attached hydrogens (tertiary/aromatic N) is 2. The maximum atomic E-state index is 11.8. The Morgan fingerprint density at radius 3 is 2.59 bits per heavy atom. The molecule has 0 fully saturated rings. The highest BCUT2D eigenvalue weighted by Crippen LogP contribution is 2.11. The summed E-state index contributed by atoms with van der Waals surface area (Å²) in [6.45, 7) is 2.51. The van der Waals surface area contributed by atoms with Crippen LogP contribution >= 0.6 is 0 Å². The second kappa shape index (κ2) is 5.70. The van der Waals surface area contributed by atoms with E-state index in [0.717, 1.165) is 0 Å². The van der Waals surface area contributed by atoms with Gasteiger partial charge in [-0.15, -0.1) is 0 Å². The summed E-state index contributed by atoms with van der Waals surface area (Å²) >= 11 is 0. The van der Waals surface area contributed by atoms with Crippen molar-refractivity contribution in [1.29, 1.82) is 5.26 Å². The van der Waals surface area contributed by atoms with Gasteiger partial charge in [0.25, 0.3) is 5.91 Å². The summed E-state index contributed by atoms with van der Waals surface area (Å²) in [7, 11) is 0. The molecule has 6 nitrogen and oxygen atoms in total. The van der Waals surface area contributed by atoms with Crippen LogP contribution in [0, 0.1) is 11.3 Å². The van der Waals surface area contributed by atoms with Crippen LogP contribution in [0.2, 0.25) is 0 Å². The minimum Gasteiger partial charge on any atom is -0.475 e. The zero-order valence-electron chi connectivity index (χ0n) is 9.34. The molecule has 0 unspecified atom stereocenters. The highest BCUT2D eigenvalue weighted by Gasteiger charge is 2.19. The summed E-state index contributed by atoms with van der Waals surface area (Å²) in [5.74, 6) is -1.92. The van der Waals surface area contributed by atoms with Crippen molar-refractivity contribution in [2.75, 3.05) is 13.1 Å². The van der Waals surface area contributed by atoms with Crippen LogP contribution in [0.5, 0.6) is 0 Å². The number of rotatable bonds is 5. The van der Waals surface area contributed by atoms with Crippen molar-refractivity contribution in [1.82, 2.24) is 4.90 Å². The minimum atomic E-state index is -1.22. The number of carbonyl (C=O) groups is 2. The van der Waals surface area contributed by atoms with E-state index in [1.807, 2.05) is 6.07 Å². The van der Waals surface area contributed by atoms with Gasteiger partial charge in [-0.1, -0.05) is 0 Å². The van der Waals surface area contributed by atoms with Crippen LogP contribution in [-0.2, 0) is 0 Å². The molecule has 0 aromatic carbocycles. The third-order valence-electron chi connectivity index (χ3n) is 2.19. The first-order valence-corrected chi connectivity index (χ1v) is 5.09. The fourth-order valence-corrected chi connectivity index (χ4v) is 1.31. The number of aromatic carboxylic acids is 1. The van der Waals surface area contributed by atoms with Crippen LogP contribution in [0.15, 0.2) is 16.5 Å². The predicted octanol–water partition coefficient (Wildman–Crippen LogP) is 1.35. The Morgan fingerprint density at radius 2 is 2.12 bits per heavy atom. The second-order valence-corrected chi connectivity index (χ2v) is 3.26. The van der Waals surface area contributed by atoms with Gasteiger partial charge in [-0.2, -0.15) is 5.26 Å². The van der Waals surface area contributed by atoms with Crippen molar-refractivity contribution >= 4 is 11.9 Å². The van der Waals surface area contributed by atoms with E-state index in [0.29, 0.717) is 13.1 Å². The zero-order chi connectivity index (χ0) is 12.8. The summed E-state index contributed by atoms with van der Waals surface area (Å²) in [5, 5.41) is 17.1. The number of carboxylic acid groups (broad SMARTS) is 1. The predicted molar refractivity (Wildman–Crippen MR) is 57.5 cm³/mol. The van der Waals surface area contributed by atoms with Crippen LogP contribution in [0.25, 0.3) is 0 Å². The van der Waals surface area contributed by atoms with Gasteiger partial charge in [-0.25, -0.2) is 4.79 Å². The fourth-order valence-electron chi connectivity index (χ4n) is 1.31. The lowest BCUT2D eigenvalue weighted by molar-refractivity contribution is 0.0651. The van der Waals surface area contributed by atoms with E-state index in [9.17, 15) is 9.59 Å². The maximum Gasteiger partial charge on any atom is 0.371 e. The number of amides is 1. The lowest BCUT2D eigenvalue weighted by Gasteiger charge is -2.17. The molecular formula is C11H12N2O4. The van der Waals surface area contributed by atoms with E-state index in [-0.39, 0.29) is 17.9 Å². The molecule has 1 N–H and O–H groups in total. The first kappa shape index (κ1) is 12.8. The Bertz CT molecular complexity index is 458. The molecule has 1 amide bonds. The molecule has 1 aromatic rings. The van der Waals surface area contributed by atoms with E-state index in [1.165, 1.54) is 17.0 Å². The highest BCUT2D eigenvalue weighted by molar-refractivity contribution is 5.93. The largest absolute Gasteiger partial charge is 0.475 e. The smallest absolute Gasteiger partial charge is 0.371 e. The molecule has 0 aliphatic rings. The number of nitriles is 1. The topological polar surface area (TPSA) is 94.5 Å². The van der Waals surface area contributed by atoms with Crippen molar-refractivity contribution in [2.45, 2.75) is 13.3 Å². The summed E-state index contributed by atoms with van der Waals surface area (Å²) in [6.07, 6.45) is 0.228. The van der Waals surface area contributed by atoms with Gasteiger partial charge in [0.2, 0.25) is 5.76 Å². The molecular weight excluding hydrogens is 224 g/mol. The highest BCUT2D eigenvalue weighted by atomic mass is 16.4. The Balaban J connectivity index is 2.79. The molecule has 1 rings (SSSR count). The van der Waals surface area contributed by atoms with Gasteiger partial charge in [0, 0.05) is 13.1 Å². The Kier molecular flexibility index (Phi) is 4.29. The molecule has 17 heavy (non-hydrogen) atoms. The number of carbonyl (C=O) groups excluding carboxylic acids is 1. The van der Waals surface area contributed by atoms with E-state index < -0.39 is 11.9 Å². The van der Waals surface area contributed by atoms with Gasteiger partial charge in [0.1, 0.15) is 0 Å². The Hall–Kier alpha value is -2.29. The van der Waals surface area contributed by atoms with E-state index in [4.69, 9.17) is 14.8 Å². The van der Waals surface area contributed by atoms with Crippen LogP contribution in [-0.4, -0.2) is 35.0 Å². The average molecular weight is 236 g/mol. The molecule has 90 valence electrons. The maximum absolute atomic E-state index is 11.8. The Morgan fingerprint density at radius 1 is 1.47 bits per heavy atom. The number of carboxylic acids is 1. The normalized spacial score (nSPS) is 9.65. The SMILES string of the molecule is CCN(CCC#N)C(=O)c1ccc(C(=O)O)o1. The molecule has 0 saturated carbocycles.